The second kappa shape index (κ2) is 6.90. The van der Waals surface area contributed by atoms with Crippen LogP contribution in [0, 0.1) is 5.41 Å². The summed E-state index contributed by atoms with van der Waals surface area (Å²) in [5, 5.41) is 6.63. The minimum Gasteiger partial charge on any atom is -0.354 e. The Morgan fingerprint density at radius 3 is 2.80 bits per heavy atom. The van der Waals surface area contributed by atoms with Crippen LogP contribution in [0.1, 0.15) is 52.4 Å². The van der Waals surface area contributed by atoms with Gasteiger partial charge in [0.15, 0.2) is 0 Å². The van der Waals surface area contributed by atoms with Crippen LogP contribution in [0.2, 0.25) is 0 Å². The van der Waals surface area contributed by atoms with Gasteiger partial charge in [0.05, 0.1) is 5.41 Å². The van der Waals surface area contributed by atoms with Gasteiger partial charge in [0.2, 0.25) is 5.91 Å². The number of likely N-dealkylation sites (N-methyl/N-ethyl adjacent to an activating group) is 1. The Bertz CT molecular complexity index is 316. The highest BCUT2D eigenvalue weighted by Crippen LogP contribution is 2.32. The molecule has 0 aromatic carbocycles. The lowest BCUT2D eigenvalue weighted by Crippen LogP contribution is -2.52. The van der Waals surface area contributed by atoms with E-state index in [1.165, 1.54) is 12.8 Å². The molecule has 2 aliphatic rings. The largest absolute Gasteiger partial charge is 0.354 e. The SMILES string of the molecule is CCCC1(C(=O)NCC(C)N(C)C2CC2)CCCNC1. The zero-order valence-electron chi connectivity index (χ0n) is 13.4. The molecule has 1 aliphatic heterocycles. The molecule has 20 heavy (non-hydrogen) atoms. The number of amides is 1. The summed E-state index contributed by atoms with van der Waals surface area (Å²) < 4.78 is 0. The van der Waals surface area contributed by atoms with Crippen molar-refractivity contribution < 1.29 is 4.79 Å². The van der Waals surface area contributed by atoms with E-state index in [1.54, 1.807) is 0 Å². The third-order valence-corrected chi connectivity index (χ3v) is 5.06. The van der Waals surface area contributed by atoms with Crippen LogP contribution in [0.15, 0.2) is 0 Å². The summed E-state index contributed by atoms with van der Waals surface area (Å²) in [6.07, 6.45) is 6.86. The quantitative estimate of drug-likeness (QED) is 0.747. The molecule has 0 bridgehead atoms. The van der Waals surface area contributed by atoms with Crippen LogP contribution in [0.4, 0.5) is 0 Å². The first-order chi connectivity index (χ1) is 9.59. The number of nitrogens with one attached hydrogen (secondary N) is 2. The van der Waals surface area contributed by atoms with Crippen LogP contribution in [-0.4, -0.2) is 49.6 Å². The molecule has 4 heteroatoms. The van der Waals surface area contributed by atoms with Crippen LogP contribution in [0.3, 0.4) is 0 Å². The molecule has 0 aromatic rings. The Hall–Kier alpha value is -0.610. The average Bonchev–Trinajstić information content (AvgIpc) is 3.29. The van der Waals surface area contributed by atoms with Crippen molar-refractivity contribution in [3.63, 3.8) is 0 Å². The second-order valence-corrected chi connectivity index (χ2v) is 6.77. The maximum Gasteiger partial charge on any atom is 0.227 e. The summed E-state index contributed by atoms with van der Waals surface area (Å²) in [4.78, 5) is 15.1. The molecule has 0 radical (unpaired) electrons. The van der Waals surface area contributed by atoms with Crippen LogP contribution in [-0.2, 0) is 4.79 Å². The van der Waals surface area contributed by atoms with Crippen LogP contribution < -0.4 is 10.6 Å². The fraction of sp³-hybridized carbons (Fsp3) is 0.938. The Morgan fingerprint density at radius 2 is 2.25 bits per heavy atom. The summed E-state index contributed by atoms with van der Waals surface area (Å²) in [6, 6.07) is 1.18. The van der Waals surface area contributed by atoms with Gasteiger partial charge in [-0.05, 0) is 52.6 Å². The summed E-state index contributed by atoms with van der Waals surface area (Å²) in [5.41, 5.74) is -0.162. The molecule has 0 aromatic heterocycles. The number of carbonyl (C=O) groups is 1. The van der Waals surface area contributed by atoms with E-state index in [0.717, 1.165) is 51.4 Å². The van der Waals surface area contributed by atoms with E-state index < -0.39 is 0 Å². The van der Waals surface area contributed by atoms with Gasteiger partial charge in [-0.2, -0.15) is 0 Å². The highest BCUT2D eigenvalue weighted by atomic mass is 16.2. The Labute approximate surface area is 123 Å². The van der Waals surface area contributed by atoms with Crippen molar-refractivity contribution in [2.45, 2.75) is 64.5 Å². The first-order valence-electron chi connectivity index (χ1n) is 8.30. The fourth-order valence-corrected chi connectivity index (χ4v) is 3.38. The number of carbonyl (C=O) groups excluding carboxylic acids is 1. The summed E-state index contributed by atoms with van der Waals surface area (Å²) in [6.45, 7) is 7.06. The zero-order chi connectivity index (χ0) is 14.6. The lowest BCUT2D eigenvalue weighted by Gasteiger charge is -2.37. The Kier molecular flexibility index (Phi) is 5.44. The van der Waals surface area contributed by atoms with Gasteiger partial charge in [-0.1, -0.05) is 13.3 Å². The lowest BCUT2D eigenvalue weighted by atomic mass is 9.76. The number of rotatable bonds is 7. The molecule has 1 saturated heterocycles. The second-order valence-electron chi connectivity index (χ2n) is 6.77. The van der Waals surface area contributed by atoms with Crippen molar-refractivity contribution in [2.75, 3.05) is 26.7 Å². The van der Waals surface area contributed by atoms with Gasteiger partial charge < -0.3 is 10.6 Å². The monoisotopic (exact) mass is 281 g/mol. The maximum absolute atomic E-state index is 12.7. The van der Waals surface area contributed by atoms with Crippen LogP contribution in [0.25, 0.3) is 0 Å². The molecule has 2 fully saturated rings. The minimum absolute atomic E-state index is 0.162. The third kappa shape index (κ3) is 3.73. The predicted molar refractivity (Wildman–Crippen MR) is 82.7 cm³/mol. The highest BCUT2D eigenvalue weighted by molar-refractivity contribution is 5.83. The topological polar surface area (TPSA) is 44.4 Å². The van der Waals surface area contributed by atoms with Crippen LogP contribution in [0.5, 0.6) is 0 Å². The number of piperidine rings is 1. The van der Waals surface area contributed by atoms with E-state index in [4.69, 9.17) is 0 Å². The molecule has 1 aliphatic carbocycles. The zero-order valence-corrected chi connectivity index (χ0v) is 13.4. The van der Waals surface area contributed by atoms with Gasteiger partial charge >= 0.3 is 0 Å². The smallest absolute Gasteiger partial charge is 0.227 e. The van der Waals surface area contributed by atoms with Crippen LogP contribution >= 0.6 is 0 Å². The predicted octanol–water partition coefficient (Wildman–Crippen LogP) is 1.76. The standard InChI is InChI=1S/C16H31N3O/c1-4-8-16(9-5-10-17-12-16)15(20)18-11-13(2)19(3)14-6-7-14/h13-14,17H,4-12H2,1-3H3,(H,18,20). The van der Waals surface area contributed by atoms with Crippen molar-refractivity contribution in [2.24, 2.45) is 5.41 Å². The Balaban J connectivity index is 1.84. The van der Waals surface area contributed by atoms with E-state index in [1.807, 2.05) is 0 Å². The van der Waals surface area contributed by atoms with E-state index in [2.05, 4.69) is 36.4 Å². The molecular formula is C16H31N3O. The van der Waals surface area contributed by atoms with Gasteiger partial charge in [-0.3, -0.25) is 9.69 Å². The van der Waals surface area contributed by atoms with E-state index in [-0.39, 0.29) is 11.3 Å². The van der Waals surface area contributed by atoms with Crippen molar-refractivity contribution in [1.29, 1.82) is 0 Å². The number of nitrogens with zero attached hydrogens (tertiary/aromatic N) is 1. The van der Waals surface area contributed by atoms with Gasteiger partial charge in [0, 0.05) is 25.2 Å². The minimum atomic E-state index is -0.162. The molecule has 2 rings (SSSR count). The first kappa shape index (κ1) is 15.8. The number of hydrogen-bond acceptors (Lipinski definition) is 3. The molecular weight excluding hydrogens is 250 g/mol. The highest BCUT2D eigenvalue weighted by Gasteiger charge is 2.38. The Morgan fingerprint density at radius 1 is 1.50 bits per heavy atom. The van der Waals surface area contributed by atoms with Gasteiger partial charge in [-0.15, -0.1) is 0 Å². The molecule has 2 atom stereocenters. The lowest BCUT2D eigenvalue weighted by molar-refractivity contribution is -0.132. The first-order valence-corrected chi connectivity index (χ1v) is 8.30. The van der Waals surface area contributed by atoms with E-state index >= 15 is 0 Å². The summed E-state index contributed by atoms with van der Waals surface area (Å²) in [5.74, 6) is 0.266. The summed E-state index contributed by atoms with van der Waals surface area (Å²) in [7, 11) is 2.18. The molecule has 1 heterocycles. The number of hydrogen-bond donors (Lipinski definition) is 2. The fourth-order valence-electron chi connectivity index (χ4n) is 3.38. The van der Waals surface area contributed by atoms with Gasteiger partial charge in [0.25, 0.3) is 0 Å². The molecule has 2 unspecified atom stereocenters. The molecule has 1 amide bonds. The molecule has 0 spiro atoms. The van der Waals surface area contributed by atoms with Gasteiger partial charge in [0.1, 0.15) is 0 Å². The normalized spacial score (nSPS) is 28.4. The molecule has 1 saturated carbocycles. The average molecular weight is 281 g/mol. The van der Waals surface area contributed by atoms with Crippen molar-refractivity contribution in [3.8, 4) is 0 Å². The van der Waals surface area contributed by atoms with E-state index in [0.29, 0.717) is 6.04 Å². The molecule has 4 nitrogen and oxygen atoms in total. The molecule has 116 valence electrons. The van der Waals surface area contributed by atoms with Crippen molar-refractivity contribution in [1.82, 2.24) is 15.5 Å². The maximum atomic E-state index is 12.7. The van der Waals surface area contributed by atoms with Crippen molar-refractivity contribution >= 4 is 5.91 Å². The van der Waals surface area contributed by atoms with Crippen molar-refractivity contribution in [3.05, 3.63) is 0 Å². The van der Waals surface area contributed by atoms with Gasteiger partial charge in [-0.25, -0.2) is 0 Å². The van der Waals surface area contributed by atoms with E-state index in [9.17, 15) is 4.79 Å². The molecule has 2 N–H and O–H groups in total. The third-order valence-electron chi connectivity index (χ3n) is 5.06. The summed E-state index contributed by atoms with van der Waals surface area (Å²) >= 11 is 0.